The van der Waals surface area contributed by atoms with Crippen LogP contribution in [0.3, 0.4) is 0 Å². The van der Waals surface area contributed by atoms with Gasteiger partial charge in [0.15, 0.2) is 17.4 Å². The maximum atomic E-state index is 13.6. The van der Waals surface area contributed by atoms with Crippen molar-refractivity contribution in [3.63, 3.8) is 0 Å². The van der Waals surface area contributed by atoms with Crippen LogP contribution in [0.1, 0.15) is 11.1 Å². The molecule has 0 unspecified atom stereocenters. The molecule has 5 heteroatoms. The molecule has 1 N–H and O–H groups in total. The summed E-state index contributed by atoms with van der Waals surface area (Å²) >= 11 is 0. The molecule has 0 bridgehead atoms. The summed E-state index contributed by atoms with van der Waals surface area (Å²) in [4.78, 5) is 0. The van der Waals surface area contributed by atoms with Crippen LogP contribution in [0, 0.1) is 23.0 Å². The Labute approximate surface area is 108 Å². The van der Waals surface area contributed by atoms with Gasteiger partial charge in [0, 0.05) is 0 Å². The summed E-state index contributed by atoms with van der Waals surface area (Å²) in [5, 5.41) is 17.5. The zero-order valence-corrected chi connectivity index (χ0v) is 9.73. The minimum Gasteiger partial charge on any atom is -0.451 e. The molecule has 19 heavy (non-hydrogen) atoms. The first kappa shape index (κ1) is 13.0. The molecule has 0 aliphatic heterocycles. The number of aliphatic hydroxyl groups excluding tert-OH is 1. The smallest absolute Gasteiger partial charge is 0.198 e. The van der Waals surface area contributed by atoms with Gasteiger partial charge in [0.2, 0.25) is 0 Å². The predicted octanol–water partition coefficient (Wildman–Crippen LogP) is 3.12. The molecule has 0 atom stereocenters. The van der Waals surface area contributed by atoms with Crippen molar-refractivity contribution in [2.24, 2.45) is 0 Å². The van der Waals surface area contributed by atoms with Crippen LogP contribution in [-0.4, -0.2) is 5.11 Å². The number of hydrogen-bond acceptors (Lipinski definition) is 3. The van der Waals surface area contributed by atoms with E-state index >= 15 is 0 Å². The van der Waals surface area contributed by atoms with Crippen molar-refractivity contribution in [3.8, 4) is 17.6 Å². The second-order valence-corrected chi connectivity index (χ2v) is 3.79. The van der Waals surface area contributed by atoms with Gasteiger partial charge in [-0.3, -0.25) is 0 Å². The summed E-state index contributed by atoms with van der Waals surface area (Å²) < 4.78 is 32.3. The first-order valence-corrected chi connectivity index (χ1v) is 5.41. The maximum absolute atomic E-state index is 13.6. The van der Waals surface area contributed by atoms with Gasteiger partial charge in [0.05, 0.1) is 18.2 Å². The van der Waals surface area contributed by atoms with Gasteiger partial charge < -0.3 is 9.84 Å². The van der Waals surface area contributed by atoms with E-state index in [1.54, 1.807) is 18.2 Å². The average molecular weight is 261 g/mol. The Morgan fingerprint density at radius 3 is 2.42 bits per heavy atom. The van der Waals surface area contributed by atoms with Gasteiger partial charge >= 0.3 is 0 Å². The van der Waals surface area contributed by atoms with E-state index in [0.29, 0.717) is 5.56 Å². The second-order valence-electron chi connectivity index (χ2n) is 3.79. The first-order valence-electron chi connectivity index (χ1n) is 5.41. The van der Waals surface area contributed by atoms with E-state index in [-0.39, 0.29) is 17.9 Å². The number of halogens is 2. The van der Waals surface area contributed by atoms with Crippen molar-refractivity contribution in [3.05, 3.63) is 59.2 Å². The van der Waals surface area contributed by atoms with Gasteiger partial charge in [-0.25, -0.2) is 8.78 Å². The molecule has 0 saturated carbocycles. The van der Waals surface area contributed by atoms with Crippen LogP contribution in [0.25, 0.3) is 0 Å². The fourth-order valence-corrected chi connectivity index (χ4v) is 1.55. The van der Waals surface area contributed by atoms with E-state index in [0.717, 1.165) is 12.1 Å². The van der Waals surface area contributed by atoms with E-state index in [2.05, 4.69) is 0 Å². The van der Waals surface area contributed by atoms with Gasteiger partial charge in [0.25, 0.3) is 0 Å². The minimum atomic E-state index is -0.953. The molecule has 0 heterocycles. The lowest BCUT2D eigenvalue weighted by atomic mass is 10.2. The topological polar surface area (TPSA) is 53.2 Å². The van der Waals surface area contributed by atoms with E-state index in [1.807, 2.05) is 0 Å². The average Bonchev–Trinajstić information content (AvgIpc) is 2.42. The van der Waals surface area contributed by atoms with Crippen molar-refractivity contribution >= 4 is 0 Å². The fraction of sp³-hybridized carbons (Fsp3) is 0.0714. The molecule has 2 rings (SSSR count). The third-order valence-electron chi connectivity index (χ3n) is 2.43. The van der Waals surface area contributed by atoms with Crippen molar-refractivity contribution in [2.45, 2.75) is 6.61 Å². The van der Waals surface area contributed by atoms with Crippen molar-refractivity contribution in [1.82, 2.24) is 0 Å². The Balaban J connectivity index is 2.36. The molecule has 0 fully saturated rings. The molecule has 0 spiro atoms. The summed E-state index contributed by atoms with van der Waals surface area (Å²) in [6.45, 7) is -0.199. The molecule has 0 aliphatic carbocycles. The molecular formula is C14H9F2NO2. The Kier molecular flexibility index (Phi) is 3.74. The Morgan fingerprint density at radius 2 is 1.84 bits per heavy atom. The highest BCUT2D eigenvalue weighted by Gasteiger charge is 2.13. The van der Waals surface area contributed by atoms with Crippen molar-refractivity contribution < 1.29 is 18.6 Å². The molecule has 96 valence electrons. The Bertz CT molecular complexity index is 627. The highest BCUT2D eigenvalue weighted by Crippen LogP contribution is 2.28. The van der Waals surface area contributed by atoms with E-state index in [1.165, 1.54) is 12.1 Å². The number of rotatable bonds is 3. The molecule has 3 nitrogen and oxygen atoms in total. The number of nitriles is 1. The predicted molar refractivity (Wildman–Crippen MR) is 63.5 cm³/mol. The highest BCUT2D eigenvalue weighted by atomic mass is 19.1. The van der Waals surface area contributed by atoms with Crippen LogP contribution in [0.4, 0.5) is 8.78 Å². The lowest BCUT2D eigenvalue weighted by Gasteiger charge is -2.09. The summed E-state index contributed by atoms with van der Waals surface area (Å²) in [6.07, 6.45) is 0. The molecule has 0 amide bonds. The Morgan fingerprint density at radius 1 is 1.16 bits per heavy atom. The fourth-order valence-electron chi connectivity index (χ4n) is 1.55. The molecular weight excluding hydrogens is 252 g/mol. The van der Waals surface area contributed by atoms with Gasteiger partial charge in [-0.2, -0.15) is 5.26 Å². The second kappa shape index (κ2) is 5.46. The SMILES string of the molecule is N#Cc1cc(F)c(Oc2cccc(CO)c2)c(F)c1. The number of benzene rings is 2. The van der Waals surface area contributed by atoms with E-state index in [9.17, 15) is 8.78 Å². The zero-order chi connectivity index (χ0) is 13.8. The van der Waals surface area contributed by atoms with Crippen molar-refractivity contribution in [1.29, 1.82) is 5.26 Å². The number of aliphatic hydroxyl groups is 1. The van der Waals surface area contributed by atoms with Gasteiger partial charge in [-0.15, -0.1) is 0 Å². The van der Waals surface area contributed by atoms with Crippen LogP contribution in [0.2, 0.25) is 0 Å². The molecule has 2 aromatic rings. The first-order chi connectivity index (χ1) is 9.13. The molecule has 0 saturated heterocycles. The van der Waals surface area contributed by atoms with Crippen LogP contribution in [-0.2, 0) is 6.61 Å². The summed E-state index contributed by atoms with van der Waals surface area (Å²) in [7, 11) is 0. The maximum Gasteiger partial charge on any atom is 0.198 e. The number of ether oxygens (including phenoxy) is 1. The van der Waals surface area contributed by atoms with Gasteiger partial charge in [0.1, 0.15) is 5.75 Å². The van der Waals surface area contributed by atoms with Crippen molar-refractivity contribution in [2.75, 3.05) is 0 Å². The van der Waals surface area contributed by atoms with Crippen LogP contribution in [0.5, 0.6) is 11.5 Å². The number of hydrogen-bond donors (Lipinski definition) is 1. The lowest BCUT2D eigenvalue weighted by Crippen LogP contribution is -1.95. The lowest BCUT2D eigenvalue weighted by molar-refractivity contribution is 0.281. The Hall–Kier alpha value is -2.45. The summed E-state index contributed by atoms with van der Waals surface area (Å²) in [6, 6.07) is 9.67. The third kappa shape index (κ3) is 2.87. The van der Waals surface area contributed by atoms with Crippen LogP contribution >= 0.6 is 0 Å². The van der Waals surface area contributed by atoms with Crippen LogP contribution < -0.4 is 4.74 Å². The normalized spacial score (nSPS) is 10.0. The van der Waals surface area contributed by atoms with E-state index < -0.39 is 17.4 Å². The summed E-state index contributed by atoms with van der Waals surface area (Å²) in [5.41, 5.74) is 0.443. The molecule has 2 aromatic carbocycles. The molecule has 0 aliphatic rings. The molecule has 0 radical (unpaired) electrons. The minimum absolute atomic E-state index is 0.119. The van der Waals surface area contributed by atoms with Gasteiger partial charge in [-0.1, -0.05) is 12.1 Å². The highest BCUT2D eigenvalue weighted by molar-refractivity contribution is 5.40. The third-order valence-corrected chi connectivity index (χ3v) is 2.43. The quantitative estimate of drug-likeness (QED) is 0.923. The summed E-state index contributed by atoms with van der Waals surface area (Å²) in [5.74, 6) is -2.28. The van der Waals surface area contributed by atoms with Gasteiger partial charge in [-0.05, 0) is 29.8 Å². The zero-order valence-electron chi connectivity index (χ0n) is 9.73. The standard InChI is InChI=1S/C14H9F2NO2/c15-12-5-10(7-17)6-13(16)14(12)19-11-3-1-2-9(4-11)8-18/h1-6,18H,8H2. The molecule has 0 aromatic heterocycles. The van der Waals surface area contributed by atoms with Crippen LogP contribution in [0.15, 0.2) is 36.4 Å². The largest absolute Gasteiger partial charge is 0.451 e. The monoisotopic (exact) mass is 261 g/mol. The van der Waals surface area contributed by atoms with E-state index in [4.69, 9.17) is 15.1 Å². The number of nitrogens with zero attached hydrogens (tertiary/aromatic N) is 1.